The molecule has 0 fully saturated rings. The van der Waals surface area contributed by atoms with Crippen LogP contribution < -0.4 is 5.32 Å². The first kappa shape index (κ1) is 17.7. The van der Waals surface area contributed by atoms with Gasteiger partial charge in [-0.25, -0.2) is 9.59 Å². The first-order valence-electron chi connectivity index (χ1n) is 6.78. The monoisotopic (exact) mass is 307 g/mol. The third-order valence-corrected chi connectivity index (χ3v) is 2.89. The van der Waals surface area contributed by atoms with Crippen LogP contribution >= 0.6 is 0 Å². The molecule has 1 N–H and O–H groups in total. The maximum atomic E-state index is 11.9. The van der Waals surface area contributed by atoms with Crippen LogP contribution in [0.4, 0.5) is 4.79 Å². The van der Waals surface area contributed by atoms with Gasteiger partial charge in [-0.1, -0.05) is 18.2 Å². The minimum atomic E-state index is -1.41. The van der Waals surface area contributed by atoms with Crippen LogP contribution in [0.3, 0.4) is 0 Å². The standard InChI is InChI=1S/C16H21NO5/c1-15(2,3)22-14(20)17-16(4,10-18)12-9-7-6-8-11(12)13(19)21-5/h6-10H,1-5H3,(H,17,20). The third-order valence-electron chi connectivity index (χ3n) is 2.89. The number of nitrogens with one attached hydrogen (secondary N) is 1. The van der Waals surface area contributed by atoms with E-state index < -0.39 is 23.2 Å². The largest absolute Gasteiger partial charge is 0.465 e. The first-order valence-corrected chi connectivity index (χ1v) is 6.78. The predicted octanol–water partition coefficient (Wildman–Crippen LogP) is 2.41. The van der Waals surface area contributed by atoms with Crippen LogP contribution in [0.15, 0.2) is 24.3 Å². The SMILES string of the molecule is COC(=O)c1ccccc1C(C)(C=O)NC(=O)OC(C)(C)C. The molecular weight excluding hydrogens is 286 g/mol. The molecule has 0 aliphatic heterocycles. The van der Waals surface area contributed by atoms with Crippen molar-refractivity contribution in [3.63, 3.8) is 0 Å². The Labute approximate surface area is 129 Å². The summed E-state index contributed by atoms with van der Waals surface area (Å²) < 4.78 is 9.86. The normalized spacial score (nSPS) is 13.7. The van der Waals surface area contributed by atoms with Gasteiger partial charge in [0.1, 0.15) is 17.4 Å². The number of carbonyl (C=O) groups excluding carboxylic acids is 3. The molecule has 6 nitrogen and oxygen atoms in total. The maximum Gasteiger partial charge on any atom is 0.408 e. The molecule has 0 aliphatic rings. The van der Waals surface area contributed by atoms with E-state index in [-0.39, 0.29) is 5.56 Å². The van der Waals surface area contributed by atoms with Gasteiger partial charge in [-0.3, -0.25) is 0 Å². The second-order valence-corrected chi connectivity index (χ2v) is 5.98. The average Bonchev–Trinajstić information content (AvgIpc) is 2.44. The Morgan fingerprint density at radius 3 is 2.23 bits per heavy atom. The number of hydrogen-bond donors (Lipinski definition) is 1. The highest BCUT2D eigenvalue weighted by Crippen LogP contribution is 2.24. The molecule has 120 valence electrons. The quantitative estimate of drug-likeness (QED) is 0.682. The van der Waals surface area contributed by atoms with Crippen molar-refractivity contribution in [2.24, 2.45) is 0 Å². The molecule has 1 aromatic carbocycles. The smallest absolute Gasteiger partial charge is 0.408 e. The fraction of sp³-hybridized carbons (Fsp3) is 0.438. The molecule has 1 rings (SSSR count). The van der Waals surface area contributed by atoms with Crippen molar-refractivity contribution < 1.29 is 23.9 Å². The third kappa shape index (κ3) is 4.31. The lowest BCUT2D eigenvalue weighted by Gasteiger charge is -2.29. The Bertz CT molecular complexity index is 576. The van der Waals surface area contributed by atoms with Gasteiger partial charge in [-0.05, 0) is 39.3 Å². The van der Waals surface area contributed by atoms with Gasteiger partial charge in [-0.15, -0.1) is 0 Å². The molecule has 0 aliphatic carbocycles. The van der Waals surface area contributed by atoms with Crippen molar-refractivity contribution in [3.8, 4) is 0 Å². The molecule has 0 aromatic heterocycles. The lowest BCUT2D eigenvalue weighted by atomic mass is 9.89. The number of aldehydes is 1. The molecule has 1 unspecified atom stereocenters. The van der Waals surface area contributed by atoms with E-state index in [2.05, 4.69) is 5.32 Å². The van der Waals surface area contributed by atoms with Crippen molar-refractivity contribution >= 4 is 18.3 Å². The average molecular weight is 307 g/mol. The summed E-state index contributed by atoms with van der Waals surface area (Å²) in [5, 5.41) is 2.50. The van der Waals surface area contributed by atoms with E-state index in [1.165, 1.54) is 20.1 Å². The highest BCUT2D eigenvalue weighted by Gasteiger charge is 2.34. The van der Waals surface area contributed by atoms with Crippen molar-refractivity contribution in [3.05, 3.63) is 35.4 Å². The second-order valence-electron chi connectivity index (χ2n) is 5.98. The van der Waals surface area contributed by atoms with E-state index in [9.17, 15) is 14.4 Å². The Hall–Kier alpha value is -2.37. The Balaban J connectivity index is 3.17. The van der Waals surface area contributed by atoms with E-state index in [0.717, 1.165) is 0 Å². The van der Waals surface area contributed by atoms with Gasteiger partial charge in [-0.2, -0.15) is 0 Å². The van der Waals surface area contributed by atoms with E-state index in [1.54, 1.807) is 39.0 Å². The zero-order valence-corrected chi connectivity index (χ0v) is 13.4. The van der Waals surface area contributed by atoms with Crippen LogP contribution in [0.25, 0.3) is 0 Å². The van der Waals surface area contributed by atoms with Crippen LogP contribution in [-0.4, -0.2) is 31.1 Å². The molecule has 0 bridgehead atoms. The minimum Gasteiger partial charge on any atom is -0.465 e. The Kier molecular flexibility index (Phi) is 5.30. The highest BCUT2D eigenvalue weighted by atomic mass is 16.6. The number of methoxy groups -OCH3 is 1. The number of esters is 1. The Morgan fingerprint density at radius 1 is 1.14 bits per heavy atom. The molecule has 0 heterocycles. The number of amides is 1. The summed E-state index contributed by atoms with van der Waals surface area (Å²) >= 11 is 0. The van der Waals surface area contributed by atoms with Gasteiger partial charge in [0.05, 0.1) is 12.7 Å². The zero-order valence-electron chi connectivity index (χ0n) is 13.4. The number of benzene rings is 1. The van der Waals surface area contributed by atoms with Gasteiger partial charge < -0.3 is 19.6 Å². The minimum absolute atomic E-state index is 0.204. The fourth-order valence-corrected chi connectivity index (χ4v) is 1.90. The van der Waals surface area contributed by atoms with Gasteiger partial charge in [0.15, 0.2) is 0 Å². The molecule has 0 saturated carbocycles. The number of ether oxygens (including phenoxy) is 2. The summed E-state index contributed by atoms with van der Waals surface area (Å²) in [5.41, 5.74) is -1.57. The van der Waals surface area contributed by atoms with Crippen LogP contribution in [0.2, 0.25) is 0 Å². The fourth-order valence-electron chi connectivity index (χ4n) is 1.90. The molecule has 0 spiro atoms. The number of hydrogen-bond acceptors (Lipinski definition) is 5. The molecule has 22 heavy (non-hydrogen) atoms. The molecule has 6 heteroatoms. The molecule has 1 aromatic rings. The maximum absolute atomic E-state index is 11.9. The van der Waals surface area contributed by atoms with E-state index in [0.29, 0.717) is 11.8 Å². The summed E-state index contributed by atoms with van der Waals surface area (Å²) in [6, 6.07) is 6.42. The highest BCUT2D eigenvalue weighted by molar-refractivity contribution is 5.93. The predicted molar refractivity (Wildman–Crippen MR) is 80.6 cm³/mol. The van der Waals surface area contributed by atoms with Crippen LogP contribution in [-0.2, 0) is 19.8 Å². The van der Waals surface area contributed by atoms with Crippen molar-refractivity contribution in [1.29, 1.82) is 0 Å². The van der Waals surface area contributed by atoms with Gasteiger partial charge in [0.25, 0.3) is 0 Å². The van der Waals surface area contributed by atoms with Crippen molar-refractivity contribution in [1.82, 2.24) is 5.32 Å². The second kappa shape index (κ2) is 6.60. The van der Waals surface area contributed by atoms with E-state index >= 15 is 0 Å². The number of alkyl carbamates (subject to hydrolysis) is 1. The van der Waals surface area contributed by atoms with Gasteiger partial charge in [0, 0.05) is 0 Å². The summed E-state index contributed by atoms with van der Waals surface area (Å²) in [7, 11) is 1.25. The molecule has 0 radical (unpaired) electrons. The number of carbonyl (C=O) groups is 3. The van der Waals surface area contributed by atoms with E-state index in [4.69, 9.17) is 9.47 Å². The van der Waals surface area contributed by atoms with Gasteiger partial charge >= 0.3 is 12.1 Å². The lowest BCUT2D eigenvalue weighted by molar-refractivity contribution is -0.113. The Morgan fingerprint density at radius 2 is 1.73 bits per heavy atom. The lowest BCUT2D eigenvalue weighted by Crippen LogP contribution is -2.47. The molecule has 0 saturated heterocycles. The van der Waals surface area contributed by atoms with Crippen LogP contribution in [0.1, 0.15) is 43.6 Å². The summed E-state index contributed by atoms with van der Waals surface area (Å²) in [6.07, 6.45) is -0.194. The number of rotatable bonds is 4. The summed E-state index contributed by atoms with van der Waals surface area (Å²) in [4.78, 5) is 35.3. The zero-order chi connectivity index (χ0) is 17.0. The molecule has 1 amide bonds. The summed E-state index contributed by atoms with van der Waals surface area (Å²) in [6.45, 7) is 6.64. The van der Waals surface area contributed by atoms with Crippen LogP contribution in [0.5, 0.6) is 0 Å². The topological polar surface area (TPSA) is 81.7 Å². The molecule has 1 atom stereocenters. The van der Waals surface area contributed by atoms with Crippen LogP contribution in [0, 0.1) is 0 Å². The summed E-state index contributed by atoms with van der Waals surface area (Å²) in [5.74, 6) is -0.588. The molecular formula is C16H21NO5. The first-order chi connectivity index (χ1) is 10.1. The van der Waals surface area contributed by atoms with Crippen molar-refractivity contribution in [2.45, 2.75) is 38.8 Å². The van der Waals surface area contributed by atoms with Gasteiger partial charge in [0.2, 0.25) is 0 Å². The van der Waals surface area contributed by atoms with E-state index in [1.807, 2.05) is 0 Å². The van der Waals surface area contributed by atoms with Crippen molar-refractivity contribution in [2.75, 3.05) is 7.11 Å².